The van der Waals surface area contributed by atoms with Crippen LogP contribution < -0.4 is 0 Å². The molecule has 0 saturated carbocycles. The van der Waals surface area contributed by atoms with E-state index in [-0.39, 0.29) is 17.2 Å². The summed E-state index contributed by atoms with van der Waals surface area (Å²) >= 11 is 0. The molecule has 0 saturated heterocycles. The van der Waals surface area contributed by atoms with Crippen LogP contribution in [0.1, 0.15) is 58.9 Å². The van der Waals surface area contributed by atoms with E-state index in [4.69, 9.17) is 9.16 Å². The van der Waals surface area contributed by atoms with E-state index in [0.29, 0.717) is 6.61 Å². The lowest BCUT2D eigenvalue weighted by molar-refractivity contribution is 0.00235. The van der Waals surface area contributed by atoms with E-state index < -0.39 is 8.32 Å². The third-order valence-corrected chi connectivity index (χ3v) is 9.70. The van der Waals surface area contributed by atoms with Gasteiger partial charge < -0.3 is 9.16 Å². The average Bonchev–Trinajstić information content (AvgIpc) is 2.52. The molecule has 0 aliphatic heterocycles. The first kappa shape index (κ1) is 22.1. The predicted molar refractivity (Wildman–Crippen MR) is 111 cm³/mol. The summed E-state index contributed by atoms with van der Waals surface area (Å²) in [6.07, 6.45) is 6.45. The van der Waals surface area contributed by atoms with Gasteiger partial charge in [0.05, 0.1) is 18.8 Å². The molecule has 1 rings (SSSR count). The Morgan fingerprint density at radius 3 is 2.28 bits per heavy atom. The Labute approximate surface area is 156 Å². The molecule has 0 N–H and O–H groups in total. The second-order valence-corrected chi connectivity index (χ2v) is 13.2. The standard InChI is InChI=1S/C22H38O2Si/c1-8-13-20(23-18-19-15-11-10-12-16-19)17-21(14-9-2)24-25(6,7)22(3,4)5/h9-12,15-16,20-21H,2,8,13-14,17-18H2,1,3-7H3/t20-,21-/m0/s1. The molecule has 0 amide bonds. The number of hydrogen-bond donors (Lipinski definition) is 0. The summed E-state index contributed by atoms with van der Waals surface area (Å²) < 4.78 is 12.9. The van der Waals surface area contributed by atoms with Crippen molar-refractivity contribution in [3.05, 3.63) is 48.6 Å². The molecule has 0 heterocycles. The molecular weight excluding hydrogens is 324 g/mol. The quantitative estimate of drug-likeness (QED) is 0.321. The molecule has 142 valence electrons. The van der Waals surface area contributed by atoms with Gasteiger partial charge in [-0.25, -0.2) is 0 Å². The zero-order valence-electron chi connectivity index (χ0n) is 17.2. The van der Waals surface area contributed by atoms with Crippen LogP contribution in [-0.2, 0) is 15.8 Å². The minimum atomic E-state index is -1.79. The van der Waals surface area contributed by atoms with Crippen molar-refractivity contribution >= 4 is 8.32 Å². The molecule has 1 aromatic carbocycles. The Bertz CT molecular complexity index is 490. The van der Waals surface area contributed by atoms with E-state index in [1.165, 1.54) is 5.56 Å². The van der Waals surface area contributed by atoms with Crippen molar-refractivity contribution in [2.75, 3.05) is 0 Å². The molecule has 2 atom stereocenters. The first-order chi connectivity index (χ1) is 11.7. The van der Waals surface area contributed by atoms with E-state index in [0.717, 1.165) is 25.7 Å². The summed E-state index contributed by atoms with van der Waals surface area (Å²) in [6.45, 7) is 18.3. The molecule has 0 aliphatic rings. The SMILES string of the molecule is C=CC[C@@H](C[C@H](CCC)OCc1ccccc1)O[Si](C)(C)C(C)(C)C. The van der Waals surface area contributed by atoms with E-state index >= 15 is 0 Å². The number of rotatable bonds is 11. The second kappa shape index (κ2) is 10.3. The van der Waals surface area contributed by atoms with Crippen LogP contribution in [-0.4, -0.2) is 20.5 Å². The Morgan fingerprint density at radius 1 is 1.12 bits per heavy atom. The zero-order chi connectivity index (χ0) is 18.9. The van der Waals surface area contributed by atoms with Gasteiger partial charge in [-0.3, -0.25) is 0 Å². The van der Waals surface area contributed by atoms with Crippen molar-refractivity contribution < 1.29 is 9.16 Å². The lowest BCUT2D eigenvalue weighted by atomic mass is 10.0. The van der Waals surface area contributed by atoms with Crippen LogP contribution in [0.3, 0.4) is 0 Å². The van der Waals surface area contributed by atoms with Gasteiger partial charge in [0.15, 0.2) is 8.32 Å². The number of hydrogen-bond acceptors (Lipinski definition) is 2. The van der Waals surface area contributed by atoms with Crippen molar-refractivity contribution in [3.63, 3.8) is 0 Å². The molecule has 1 aromatic rings. The van der Waals surface area contributed by atoms with Crippen LogP contribution in [0, 0.1) is 0 Å². The maximum atomic E-state index is 6.66. The molecule has 25 heavy (non-hydrogen) atoms. The van der Waals surface area contributed by atoms with E-state index in [1.807, 2.05) is 12.1 Å². The van der Waals surface area contributed by atoms with Crippen molar-refractivity contribution in [1.82, 2.24) is 0 Å². The molecule has 0 aromatic heterocycles. The van der Waals surface area contributed by atoms with Crippen LogP contribution in [0.5, 0.6) is 0 Å². The maximum absolute atomic E-state index is 6.66. The van der Waals surface area contributed by atoms with Gasteiger partial charge in [0, 0.05) is 0 Å². The van der Waals surface area contributed by atoms with Crippen LogP contribution in [0.25, 0.3) is 0 Å². The van der Waals surface area contributed by atoms with Gasteiger partial charge in [0.2, 0.25) is 0 Å². The monoisotopic (exact) mass is 362 g/mol. The highest BCUT2D eigenvalue weighted by atomic mass is 28.4. The largest absolute Gasteiger partial charge is 0.414 e. The Hall–Kier alpha value is -0.903. The van der Waals surface area contributed by atoms with Gasteiger partial charge in [-0.05, 0) is 43.0 Å². The minimum absolute atomic E-state index is 0.200. The van der Waals surface area contributed by atoms with Gasteiger partial charge in [0.1, 0.15) is 0 Å². The molecule has 0 fully saturated rings. The van der Waals surface area contributed by atoms with Gasteiger partial charge in [0.25, 0.3) is 0 Å². The van der Waals surface area contributed by atoms with Gasteiger partial charge in [-0.15, -0.1) is 6.58 Å². The third-order valence-electron chi connectivity index (χ3n) is 5.16. The van der Waals surface area contributed by atoms with Crippen molar-refractivity contribution in [2.45, 2.75) is 90.3 Å². The number of ether oxygens (including phenoxy) is 1. The fraction of sp³-hybridized carbons (Fsp3) is 0.636. The Morgan fingerprint density at radius 2 is 1.76 bits per heavy atom. The zero-order valence-corrected chi connectivity index (χ0v) is 18.2. The Kier molecular flexibility index (Phi) is 9.12. The van der Waals surface area contributed by atoms with Crippen LogP contribution in [0.4, 0.5) is 0 Å². The minimum Gasteiger partial charge on any atom is -0.414 e. The summed E-state index contributed by atoms with van der Waals surface area (Å²) in [5, 5.41) is 0.220. The highest BCUT2D eigenvalue weighted by molar-refractivity contribution is 6.74. The lowest BCUT2D eigenvalue weighted by Crippen LogP contribution is -2.44. The fourth-order valence-electron chi connectivity index (χ4n) is 2.64. The summed E-state index contributed by atoms with van der Waals surface area (Å²) in [7, 11) is -1.79. The van der Waals surface area contributed by atoms with Gasteiger partial charge >= 0.3 is 0 Å². The van der Waals surface area contributed by atoms with Crippen LogP contribution in [0.2, 0.25) is 18.1 Å². The third kappa shape index (κ3) is 7.89. The first-order valence-corrected chi connectivity index (χ1v) is 12.5. The molecule has 0 radical (unpaired) electrons. The molecule has 0 spiro atoms. The molecule has 3 heteroatoms. The summed E-state index contributed by atoms with van der Waals surface area (Å²) in [5.74, 6) is 0. The molecular formula is C22H38O2Si. The van der Waals surface area contributed by atoms with Crippen LogP contribution >= 0.6 is 0 Å². The van der Waals surface area contributed by atoms with Crippen molar-refractivity contribution in [3.8, 4) is 0 Å². The van der Waals surface area contributed by atoms with Gasteiger partial charge in [-0.2, -0.15) is 0 Å². The summed E-state index contributed by atoms with van der Waals surface area (Å²) in [5.41, 5.74) is 1.23. The lowest BCUT2D eigenvalue weighted by Gasteiger charge is -2.40. The van der Waals surface area contributed by atoms with E-state index in [2.05, 4.69) is 71.6 Å². The topological polar surface area (TPSA) is 18.5 Å². The average molecular weight is 363 g/mol. The van der Waals surface area contributed by atoms with E-state index in [1.54, 1.807) is 0 Å². The normalized spacial score (nSPS) is 15.0. The highest BCUT2D eigenvalue weighted by Gasteiger charge is 2.39. The number of benzene rings is 1. The van der Waals surface area contributed by atoms with Gasteiger partial charge in [-0.1, -0.05) is 70.5 Å². The van der Waals surface area contributed by atoms with Crippen molar-refractivity contribution in [2.24, 2.45) is 0 Å². The highest BCUT2D eigenvalue weighted by Crippen LogP contribution is 2.38. The smallest absolute Gasteiger partial charge is 0.192 e. The molecule has 0 bridgehead atoms. The molecule has 0 unspecified atom stereocenters. The predicted octanol–water partition coefficient (Wildman–Crippen LogP) is 6.73. The maximum Gasteiger partial charge on any atom is 0.192 e. The van der Waals surface area contributed by atoms with E-state index in [9.17, 15) is 0 Å². The fourth-order valence-corrected chi connectivity index (χ4v) is 4.02. The van der Waals surface area contributed by atoms with Crippen molar-refractivity contribution in [1.29, 1.82) is 0 Å². The molecule has 2 nitrogen and oxygen atoms in total. The second-order valence-electron chi connectivity index (χ2n) is 8.47. The summed E-state index contributed by atoms with van der Waals surface area (Å²) in [4.78, 5) is 0. The van der Waals surface area contributed by atoms with Crippen LogP contribution in [0.15, 0.2) is 43.0 Å². The Balaban J connectivity index is 2.71. The summed E-state index contributed by atoms with van der Waals surface area (Å²) in [6, 6.07) is 10.4. The molecule has 0 aliphatic carbocycles. The first-order valence-electron chi connectivity index (χ1n) is 9.64.